The van der Waals surface area contributed by atoms with Gasteiger partial charge in [-0.25, -0.2) is 0 Å². The van der Waals surface area contributed by atoms with Gasteiger partial charge in [-0.1, -0.05) is 50.8 Å². The molecule has 1 rings (SSSR count). The number of hydrogen-bond donors (Lipinski definition) is 1. The minimum absolute atomic E-state index is 0.646. The second-order valence-corrected chi connectivity index (χ2v) is 4.64. The second-order valence-electron chi connectivity index (χ2n) is 4.64. The summed E-state index contributed by atoms with van der Waals surface area (Å²) in [5.41, 5.74) is 2.59. The largest absolute Gasteiger partial charge is 0.382 e. The van der Waals surface area contributed by atoms with Gasteiger partial charge < -0.3 is 5.32 Å². The lowest BCUT2D eigenvalue weighted by atomic mass is 10.0. The molecule has 0 spiro atoms. The summed E-state index contributed by atoms with van der Waals surface area (Å²) in [6, 6.07) is 9.36. The van der Waals surface area contributed by atoms with Crippen molar-refractivity contribution in [1.29, 1.82) is 0 Å². The first-order chi connectivity index (χ1) is 7.76. The van der Waals surface area contributed by atoms with Gasteiger partial charge in [0.05, 0.1) is 0 Å². The van der Waals surface area contributed by atoms with Crippen LogP contribution in [0.1, 0.15) is 51.5 Å². The van der Waals surface area contributed by atoms with Gasteiger partial charge in [0.1, 0.15) is 0 Å². The number of anilines is 1. The first-order valence-corrected chi connectivity index (χ1v) is 6.59. The summed E-state index contributed by atoms with van der Waals surface area (Å²) in [5.74, 6) is 0. The molecular formula is C15H25N. The number of aryl methyl sites for hydroxylation is 1. The van der Waals surface area contributed by atoms with Crippen LogP contribution in [0.2, 0.25) is 0 Å². The summed E-state index contributed by atoms with van der Waals surface area (Å²) in [4.78, 5) is 0. The van der Waals surface area contributed by atoms with Crippen molar-refractivity contribution in [3.05, 3.63) is 29.8 Å². The predicted molar refractivity (Wildman–Crippen MR) is 73.0 cm³/mol. The highest BCUT2D eigenvalue weighted by molar-refractivity contribution is 5.45. The summed E-state index contributed by atoms with van der Waals surface area (Å²) in [6.45, 7) is 6.65. The minimum Gasteiger partial charge on any atom is -0.382 e. The molecule has 0 aliphatic heterocycles. The number of unbranched alkanes of at least 4 members (excludes halogenated alkanes) is 1. The van der Waals surface area contributed by atoms with Crippen molar-refractivity contribution in [3.63, 3.8) is 0 Å². The van der Waals surface area contributed by atoms with E-state index in [0.717, 1.165) is 0 Å². The van der Waals surface area contributed by atoms with Crippen molar-refractivity contribution in [2.24, 2.45) is 0 Å². The van der Waals surface area contributed by atoms with Gasteiger partial charge >= 0.3 is 0 Å². The first-order valence-electron chi connectivity index (χ1n) is 6.59. The fourth-order valence-corrected chi connectivity index (χ4v) is 1.97. The molecule has 1 atom stereocenters. The lowest BCUT2D eigenvalue weighted by Crippen LogP contribution is -2.19. The molecule has 0 fully saturated rings. The van der Waals surface area contributed by atoms with Crippen LogP contribution in [0.3, 0.4) is 0 Å². The zero-order valence-corrected chi connectivity index (χ0v) is 10.9. The Bertz CT molecular complexity index is 276. The third-order valence-corrected chi connectivity index (χ3v) is 2.97. The topological polar surface area (TPSA) is 12.0 Å². The molecular weight excluding hydrogens is 194 g/mol. The molecule has 0 bridgehead atoms. The lowest BCUT2D eigenvalue weighted by molar-refractivity contribution is 0.564. The highest BCUT2D eigenvalue weighted by atomic mass is 14.9. The first kappa shape index (κ1) is 13.1. The second kappa shape index (κ2) is 7.32. The van der Waals surface area contributed by atoms with Gasteiger partial charge in [-0.3, -0.25) is 0 Å². The van der Waals surface area contributed by atoms with Gasteiger partial charge in [-0.2, -0.15) is 0 Å². The van der Waals surface area contributed by atoms with Crippen LogP contribution in [0.15, 0.2) is 24.3 Å². The zero-order chi connectivity index (χ0) is 11.8. The maximum Gasteiger partial charge on any atom is 0.0342 e. The Kier molecular flexibility index (Phi) is 5.99. The lowest BCUT2D eigenvalue weighted by Gasteiger charge is -2.19. The van der Waals surface area contributed by atoms with Crippen molar-refractivity contribution in [1.82, 2.24) is 0 Å². The van der Waals surface area contributed by atoms with Gasteiger partial charge in [-0.15, -0.1) is 0 Å². The van der Waals surface area contributed by atoms with E-state index in [0.29, 0.717) is 6.04 Å². The van der Waals surface area contributed by atoms with Crippen molar-refractivity contribution in [2.45, 2.75) is 58.9 Å². The van der Waals surface area contributed by atoms with E-state index in [1.165, 1.54) is 43.4 Å². The fraction of sp³-hybridized carbons (Fsp3) is 0.600. The van der Waals surface area contributed by atoms with Crippen LogP contribution in [0.4, 0.5) is 5.69 Å². The van der Waals surface area contributed by atoms with Crippen molar-refractivity contribution < 1.29 is 0 Å². The van der Waals surface area contributed by atoms with Gasteiger partial charge in [0.15, 0.2) is 0 Å². The average Bonchev–Trinajstić information content (AvgIpc) is 2.29. The Hall–Kier alpha value is -0.980. The summed E-state index contributed by atoms with van der Waals surface area (Å²) in [6.07, 6.45) is 6.43. The van der Waals surface area contributed by atoms with E-state index in [1.807, 2.05) is 0 Å². The predicted octanol–water partition coefficient (Wildman–Crippen LogP) is 4.77. The molecule has 0 aliphatic rings. The molecule has 1 aromatic carbocycles. The summed E-state index contributed by atoms with van der Waals surface area (Å²) >= 11 is 0. The third-order valence-electron chi connectivity index (χ3n) is 2.97. The van der Waals surface area contributed by atoms with Crippen LogP contribution < -0.4 is 5.32 Å². The third kappa shape index (κ3) is 4.69. The van der Waals surface area contributed by atoms with Gasteiger partial charge in [0, 0.05) is 11.7 Å². The SMILES string of the molecule is CCCCC(CCC)Nc1ccc(C)cc1. The van der Waals surface area contributed by atoms with Crippen LogP contribution in [0, 0.1) is 6.92 Å². The molecule has 90 valence electrons. The number of benzene rings is 1. The van der Waals surface area contributed by atoms with E-state index in [-0.39, 0.29) is 0 Å². The Morgan fingerprint density at radius 1 is 1.00 bits per heavy atom. The Morgan fingerprint density at radius 2 is 1.69 bits per heavy atom. The molecule has 0 radical (unpaired) electrons. The van der Waals surface area contributed by atoms with E-state index in [4.69, 9.17) is 0 Å². The summed E-state index contributed by atoms with van der Waals surface area (Å²) < 4.78 is 0. The van der Waals surface area contributed by atoms with Crippen LogP contribution >= 0.6 is 0 Å². The molecule has 0 aromatic heterocycles. The molecule has 0 saturated heterocycles. The Labute approximate surface area is 100 Å². The van der Waals surface area contributed by atoms with Crippen LogP contribution in [0.25, 0.3) is 0 Å². The molecule has 1 N–H and O–H groups in total. The average molecular weight is 219 g/mol. The maximum absolute atomic E-state index is 3.64. The van der Waals surface area contributed by atoms with Crippen LogP contribution in [0.5, 0.6) is 0 Å². The molecule has 0 aliphatic carbocycles. The molecule has 1 heteroatoms. The van der Waals surface area contributed by atoms with Crippen molar-refractivity contribution in [2.75, 3.05) is 5.32 Å². The number of hydrogen-bond acceptors (Lipinski definition) is 1. The molecule has 1 unspecified atom stereocenters. The fourth-order valence-electron chi connectivity index (χ4n) is 1.97. The van der Waals surface area contributed by atoms with Crippen molar-refractivity contribution >= 4 is 5.69 Å². The van der Waals surface area contributed by atoms with E-state index >= 15 is 0 Å². The highest BCUT2D eigenvalue weighted by Crippen LogP contribution is 2.15. The van der Waals surface area contributed by atoms with Crippen LogP contribution in [-0.2, 0) is 0 Å². The van der Waals surface area contributed by atoms with E-state index in [9.17, 15) is 0 Å². The van der Waals surface area contributed by atoms with E-state index in [2.05, 4.69) is 50.4 Å². The van der Waals surface area contributed by atoms with Gasteiger partial charge in [0.2, 0.25) is 0 Å². The molecule has 1 aromatic rings. The molecule has 1 nitrogen and oxygen atoms in total. The molecule has 0 saturated carbocycles. The number of nitrogens with one attached hydrogen (secondary N) is 1. The molecule has 0 heterocycles. The molecule has 16 heavy (non-hydrogen) atoms. The zero-order valence-electron chi connectivity index (χ0n) is 10.9. The summed E-state index contributed by atoms with van der Waals surface area (Å²) in [7, 11) is 0. The Balaban J connectivity index is 2.49. The minimum atomic E-state index is 0.646. The van der Waals surface area contributed by atoms with Gasteiger partial charge in [0.25, 0.3) is 0 Å². The standard InChI is InChI=1S/C15H25N/c1-4-6-8-14(7-5-2)16-15-11-9-13(3)10-12-15/h9-12,14,16H,4-8H2,1-3H3. The molecule has 0 amide bonds. The van der Waals surface area contributed by atoms with Gasteiger partial charge in [-0.05, 0) is 31.9 Å². The highest BCUT2D eigenvalue weighted by Gasteiger charge is 2.06. The Morgan fingerprint density at radius 3 is 2.25 bits per heavy atom. The number of rotatable bonds is 7. The monoisotopic (exact) mass is 219 g/mol. The normalized spacial score (nSPS) is 12.4. The maximum atomic E-state index is 3.64. The summed E-state index contributed by atoms with van der Waals surface area (Å²) in [5, 5.41) is 3.64. The van der Waals surface area contributed by atoms with E-state index < -0.39 is 0 Å². The van der Waals surface area contributed by atoms with Crippen molar-refractivity contribution in [3.8, 4) is 0 Å². The quantitative estimate of drug-likeness (QED) is 0.696. The smallest absolute Gasteiger partial charge is 0.0342 e. The van der Waals surface area contributed by atoms with Crippen LogP contribution in [-0.4, -0.2) is 6.04 Å². The van der Waals surface area contributed by atoms with E-state index in [1.54, 1.807) is 0 Å².